The van der Waals surface area contributed by atoms with Crippen LogP contribution in [0.3, 0.4) is 0 Å². The Balaban J connectivity index is 1.67. The Kier molecular flexibility index (Phi) is 9.69. The number of unbranched alkanes of at least 4 members (excludes halogenated alkanes) is 3. The lowest BCUT2D eigenvalue weighted by molar-refractivity contribution is -0.0892. The minimum absolute atomic E-state index is 0.368. The SMILES string of the molecule is CCCCCCc1c(C(=O)Oc2ccccc2)c2cc(B3OC(C)(C)C(C)(C)O3)sc2c2sc([B]OC(C)(C)C(C)(C)O)cc12. The van der Waals surface area contributed by atoms with Crippen molar-refractivity contribution in [2.24, 2.45) is 0 Å². The molecule has 1 aliphatic heterocycles. The van der Waals surface area contributed by atoms with Crippen molar-refractivity contribution >= 4 is 73.0 Å². The molecule has 3 heterocycles. The van der Waals surface area contributed by atoms with Crippen LogP contribution < -0.4 is 14.3 Å². The number of aryl methyl sites for hydroxylation is 1. The Morgan fingerprint density at radius 3 is 2.20 bits per heavy atom. The van der Waals surface area contributed by atoms with Gasteiger partial charge in [0, 0.05) is 14.9 Å². The summed E-state index contributed by atoms with van der Waals surface area (Å²) in [5.41, 5.74) is -1.24. The second-order valence-corrected chi connectivity index (χ2v) is 16.2. The van der Waals surface area contributed by atoms with E-state index in [1.54, 1.807) is 56.1 Å². The van der Waals surface area contributed by atoms with Crippen LogP contribution in [0.15, 0.2) is 42.5 Å². The number of hydrogen-bond acceptors (Lipinski definition) is 8. The van der Waals surface area contributed by atoms with E-state index in [9.17, 15) is 9.90 Å². The standard InChI is InChI=1S/C35H45B2O6S2/c1-10-11-12-16-19-23-24-20-26(36-41-33(4,5)32(2,3)39)44-29(24)30-25(28(23)31(38)40-22-17-14-13-15-18-22)21-27(45-30)37-42-34(6,7)35(8,9)43-37/h13-15,17-18,20-21,39H,10-12,16,19H2,1-9H3. The lowest BCUT2D eigenvalue weighted by atomic mass is 9.85. The first-order chi connectivity index (χ1) is 21.0. The van der Waals surface area contributed by atoms with Gasteiger partial charge >= 0.3 is 20.6 Å². The number of carbonyl (C=O) groups excluding carboxylic acids is 1. The molecule has 5 rings (SSSR count). The summed E-state index contributed by atoms with van der Waals surface area (Å²) in [6.45, 7) is 17.6. The molecular weight excluding hydrogens is 602 g/mol. The van der Waals surface area contributed by atoms with Crippen LogP contribution in [0.25, 0.3) is 20.2 Å². The number of thiophene rings is 2. The Morgan fingerprint density at radius 1 is 0.933 bits per heavy atom. The van der Waals surface area contributed by atoms with Gasteiger partial charge in [-0.3, -0.25) is 0 Å². The number of esters is 1. The number of fused-ring (bicyclic) bond motifs is 3. The van der Waals surface area contributed by atoms with Gasteiger partial charge in [-0.2, -0.15) is 0 Å². The average Bonchev–Trinajstić information content (AvgIpc) is 3.63. The number of para-hydroxylation sites is 1. The van der Waals surface area contributed by atoms with Crippen LogP contribution in [-0.4, -0.2) is 48.1 Å². The Bertz CT molecular complexity index is 1650. The van der Waals surface area contributed by atoms with Crippen molar-refractivity contribution in [1.82, 2.24) is 0 Å². The molecule has 6 nitrogen and oxygen atoms in total. The summed E-state index contributed by atoms with van der Waals surface area (Å²) in [6, 6.07) is 13.4. The van der Waals surface area contributed by atoms with Gasteiger partial charge in [0.1, 0.15) is 5.75 Å². The van der Waals surface area contributed by atoms with Crippen molar-refractivity contribution in [2.75, 3.05) is 0 Å². The van der Waals surface area contributed by atoms with E-state index in [0.717, 1.165) is 67.4 Å². The topological polar surface area (TPSA) is 74.2 Å². The fourth-order valence-electron chi connectivity index (χ4n) is 5.22. The van der Waals surface area contributed by atoms with Gasteiger partial charge in [-0.15, -0.1) is 22.7 Å². The second-order valence-electron chi connectivity index (χ2n) is 14.0. The van der Waals surface area contributed by atoms with Crippen LogP contribution in [0.2, 0.25) is 0 Å². The van der Waals surface area contributed by atoms with Crippen molar-refractivity contribution in [1.29, 1.82) is 0 Å². The maximum absolute atomic E-state index is 14.2. The van der Waals surface area contributed by atoms with Crippen molar-refractivity contribution < 1.29 is 28.6 Å². The molecule has 1 saturated heterocycles. The Hall–Kier alpha value is -2.20. The van der Waals surface area contributed by atoms with Crippen molar-refractivity contribution in [3.63, 3.8) is 0 Å². The zero-order chi connectivity index (χ0) is 32.8. The lowest BCUT2D eigenvalue weighted by Gasteiger charge is -2.37. The molecule has 10 heteroatoms. The van der Waals surface area contributed by atoms with E-state index in [0.29, 0.717) is 11.3 Å². The molecule has 45 heavy (non-hydrogen) atoms. The highest BCUT2D eigenvalue weighted by molar-refractivity contribution is 7.34. The van der Waals surface area contributed by atoms with E-state index < -0.39 is 29.5 Å². The van der Waals surface area contributed by atoms with E-state index in [-0.39, 0.29) is 5.97 Å². The third-order valence-electron chi connectivity index (χ3n) is 9.47. The summed E-state index contributed by atoms with van der Waals surface area (Å²) in [5, 5.41) is 12.6. The molecule has 0 bridgehead atoms. The van der Waals surface area contributed by atoms with Gasteiger partial charge in [0.15, 0.2) is 0 Å². The predicted octanol–water partition coefficient (Wildman–Crippen LogP) is 7.57. The van der Waals surface area contributed by atoms with Crippen LogP contribution >= 0.6 is 22.7 Å². The van der Waals surface area contributed by atoms with Gasteiger partial charge in [0.05, 0.1) is 37.4 Å². The number of hydrogen-bond donors (Lipinski definition) is 1. The first-order valence-electron chi connectivity index (χ1n) is 15.9. The second kappa shape index (κ2) is 12.8. The maximum atomic E-state index is 14.2. The van der Waals surface area contributed by atoms with E-state index in [2.05, 4.69) is 19.1 Å². The van der Waals surface area contributed by atoms with Crippen LogP contribution in [-0.2, 0) is 20.4 Å². The average molecular weight is 647 g/mol. The quantitative estimate of drug-likeness (QED) is 0.0741. The summed E-state index contributed by atoms with van der Waals surface area (Å²) in [7, 11) is 1.19. The largest absolute Gasteiger partial charge is 0.505 e. The lowest BCUT2D eigenvalue weighted by Crippen LogP contribution is -2.49. The first-order valence-corrected chi connectivity index (χ1v) is 17.6. The molecule has 0 unspecified atom stereocenters. The van der Waals surface area contributed by atoms with Crippen molar-refractivity contribution in [3.8, 4) is 5.75 Å². The van der Waals surface area contributed by atoms with Crippen molar-refractivity contribution in [3.05, 3.63) is 53.6 Å². The van der Waals surface area contributed by atoms with Crippen LogP contribution in [0, 0.1) is 0 Å². The Labute approximate surface area is 276 Å². The molecule has 0 aliphatic carbocycles. The molecule has 2 aromatic carbocycles. The highest BCUT2D eigenvalue weighted by Crippen LogP contribution is 2.42. The molecule has 0 spiro atoms. The molecule has 1 aliphatic rings. The molecule has 239 valence electrons. The van der Waals surface area contributed by atoms with Crippen molar-refractivity contribution in [2.45, 2.75) is 117 Å². The fraction of sp³-hybridized carbons (Fsp3) is 0.514. The van der Waals surface area contributed by atoms with Crippen LogP contribution in [0.1, 0.15) is 104 Å². The third-order valence-corrected chi connectivity index (χ3v) is 11.9. The Morgan fingerprint density at radius 2 is 1.58 bits per heavy atom. The van der Waals surface area contributed by atoms with Gasteiger partial charge in [-0.1, -0.05) is 44.4 Å². The molecular formula is C35H45B2O6S2. The molecule has 1 fully saturated rings. The highest BCUT2D eigenvalue weighted by Gasteiger charge is 2.52. The van der Waals surface area contributed by atoms with E-state index >= 15 is 0 Å². The molecule has 1 radical (unpaired) electrons. The summed E-state index contributed by atoms with van der Waals surface area (Å²) in [6.07, 6.45) is 5.07. The molecule has 0 amide bonds. The normalized spacial score (nSPS) is 16.5. The number of carbonyl (C=O) groups is 1. The predicted molar refractivity (Wildman–Crippen MR) is 189 cm³/mol. The molecule has 0 saturated carbocycles. The first kappa shape index (κ1) is 34.1. The van der Waals surface area contributed by atoms with Crippen LogP contribution in [0.5, 0.6) is 5.75 Å². The van der Waals surface area contributed by atoms with Crippen LogP contribution in [0.4, 0.5) is 0 Å². The number of ether oxygens (including phenoxy) is 1. The van der Waals surface area contributed by atoms with Gasteiger partial charge in [0.25, 0.3) is 0 Å². The maximum Gasteiger partial charge on any atom is 0.505 e. The molecule has 4 aromatic rings. The summed E-state index contributed by atoms with van der Waals surface area (Å²) < 4.78 is 29.0. The van der Waals surface area contributed by atoms with E-state index in [1.807, 2.05) is 59.7 Å². The van der Waals surface area contributed by atoms with E-state index in [1.165, 1.54) is 0 Å². The zero-order valence-electron chi connectivity index (χ0n) is 28.0. The van der Waals surface area contributed by atoms with E-state index in [4.69, 9.17) is 18.7 Å². The zero-order valence-corrected chi connectivity index (χ0v) is 29.7. The minimum atomic E-state index is -1.04. The smallest absolute Gasteiger partial charge is 0.426 e. The molecule has 2 aromatic heterocycles. The minimum Gasteiger partial charge on any atom is -0.426 e. The van der Waals surface area contributed by atoms with Gasteiger partial charge in [-0.05, 0) is 103 Å². The monoisotopic (exact) mass is 647 g/mol. The van der Waals surface area contributed by atoms with Gasteiger partial charge in [0.2, 0.25) is 0 Å². The molecule has 0 atom stereocenters. The number of benzene rings is 2. The summed E-state index contributed by atoms with van der Waals surface area (Å²) in [5.74, 6) is 0.142. The third kappa shape index (κ3) is 6.92. The fourth-order valence-corrected chi connectivity index (χ4v) is 7.55. The number of rotatable bonds is 12. The van der Waals surface area contributed by atoms with Gasteiger partial charge < -0.3 is 23.8 Å². The highest BCUT2D eigenvalue weighted by atomic mass is 32.1. The summed E-state index contributed by atoms with van der Waals surface area (Å²) >= 11 is 3.23. The summed E-state index contributed by atoms with van der Waals surface area (Å²) in [4.78, 5) is 14.2. The number of aliphatic hydroxyl groups is 1. The van der Waals surface area contributed by atoms with Gasteiger partial charge in [-0.25, -0.2) is 4.79 Å². The molecule has 1 N–H and O–H groups in total.